The molecule has 0 bridgehead atoms. The first-order valence-corrected chi connectivity index (χ1v) is 8.59. The van der Waals surface area contributed by atoms with Gasteiger partial charge in [-0.2, -0.15) is 18.6 Å². The Labute approximate surface area is 142 Å². The zero-order chi connectivity index (χ0) is 17.9. The zero-order valence-electron chi connectivity index (χ0n) is 12.9. The molecular weight excluding hydrogens is 360 g/mol. The van der Waals surface area contributed by atoms with E-state index in [-0.39, 0.29) is 16.3 Å². The van der Waals surface area contributed by atoms with Crippen molar-refractivity contribution in [3.05, 3.63) is 23.8 Å². The molecule has 11 heteroatoms. The third-order valence-electron chi connectivity index (χ3n) is 3.04. The predicted molar refractivity (Wildman–Crippen MR) is 85.6 cm³/mol. The van der Waals surface area contributed by atoms with Crippen molar-refractivity contribution in [1.29, 1.82) is 0 Å². The Morgan fingerprint density at radius 3 is 2.54 bits per heavy atom. The second kappa shape index (κ2) is 7.42. The van der Waals surface area contributed by atoms with Gasteiger partial charge in [-0.3, -0.25) is 4.55 Å². The summed E-state index contributed by atoms with van der Waals surface area (Å²) in [6.07, 6.45) is 0. The second-order valence-electron chi connectivity index (χ2n) is 4.57. The largest absolute Gasteiger partial charge is 0.505 e. The highest BCUT2D eigenvalue weighted by Gasteiger charge is 2.19. The van der Waals surface area contributed by atoms with Gasteiger partial charge in [0.25, 0.3) is 10.1 Å². The van der Waals surface area contributed by atoms with Gasteiger partial charge < -0.3 is 5.11 Å². The molecule has 0 aliphatic carbocycles. The van der Waals surface area contributed by atoms with Gasteiger partial charge in [-0.25, -0.2) is 4.89 Å². The minimum atomic E-state index is -4.39. The molecular formula is C13H14N2O7S2. The van der Waals surface area contributed by atoms with E-state index in [4.69, 9.17) is 4.33 Å². The normalized spacial score (nSPS) is 12.3. The lowest BCUT2D eigenvalue weighted by atomic mass is 10.0. The van der Waals surface area contributed by atoms with Gasteiger partial charge in [-0.1, -0.05) is 5.04 Å². The van der Waals surface area contributed by atoms with E-state index in [0.29, 0.717) is 33.3 Å². The number of phenols is 1. The number of aromatic hydroxyl groups is 1. The van der Waals surface area contributed by atoms with E-state index < -0.39 is 10.1 Å². The average Bonchev–Trinajstić information content (AvgIpc) is 2.49. The van der Waals surface area contributed by atoms with Crippen molar-refractivity contribution in [3.63, 3.8) is 0 Å². The summed E-state index contributed by atoms with van der Waals surface area (Å²) in [5.74, 6) is -0.207. The van der Waals surface area contributed by atoms with Crippen LogP contribution in [0.5, 0.6) is 5.75 Å². The summed E-state index contributed by atoms with van der Waals surface area (Å²) >= 11 is 0.687. The number of fused-ring (bicyclic) bond motifs is 1. The van der Waals surface area contributed by atoms with E-state index >= 15 is 0 Å². The maximum absolute atomic E-state index is 11.4. The Balaban J connectivity index is 2.73. The molecule has 0 saturated carbocycles. The Morgan fingerprint density at radius 2 is 1.96 bits per heavy atom. The van der Waals surface area contributed by atoms with Gasteiger partial charge in [0, 0.05) is 12.4 Å². The second-order valence-corrected chi connectivity index (χ2v) is 6.74. The molecule has 0 fully saturated rings. The number of benzene rings is 2. The first kappa shape index (κ1) is 18.6. The Kier molecular flexibility index (Phi) is 5.74. The van der Waals surface area contributed by atoms with Crippen molar-refractivity contribution in [2.75, 3.05) is 14.2 Å². The molecule has 0 atom stereocenters. The van der Waals surface area contributed by atoms with Gasteiger partial charge in [0.15, 0.2) is 5.75 Å². The van der Waals surface area contributed by atoms with Gasteiger partial charge in [-0.05, 0) is 36.1 Å². The van der Waals surface area contributed by atoms with Gasteiger partial charge >= 0.3 is 0 Å². The van der Waals surface area contributed by atoms with E-state index in [1.165, 1.54) is 32.4 Å². The highest BCUT2D eigenvalue weighted by molar-refractivity contribution is 7.94. The third kappa shape index (κ3) is 3.83. The molecule has 2 N–H and O–H groups in total. The topological polar surface area (TPSA) is 127 Å². The summed E-state index contributed by atoms with van der Waals surface area (Å²) in [6.45, 7) is 1.60. The molecule has 0 aliphatic heterocycles. The van der Waals surface area contributed by atoms with Crippen molar-refractivity contribution in [2.24, 2.45) is 10.2 Å². The quantitative estimate of drug-likeness (QED) is 0.197. The third-order valence-corrected chi connectivity index (χ3v) is 4.48. The van der Waals surface area contributed by atoms with E-state index in [0.717, 1.165) is 0 Å². The summed E-state index contributed by atoms with van der Waals surface area (Å²) in [5, 5.41) is 23.0. The molecule has 0 amide bonds. The average molecular weight is 374 g/mol. The lowest BCUT2D eigenvalue weighted by Gasteiger charge is -2.12. The summed E-state index contributed by atoms with van der Waals surface area (Å²) in [6, 6.07) is 4.00. The lowest BCUT2D eigenvalue weighted by molar-refractivity contribution is -0.447. The van der Waals surface area contributed by atoms with Crippen LogP contribution in [0.1, 0.15) is 5.56 Å². The van der Waals surface area contributed by atoms with E-state index in [2.05, 4.69) is 20.2 Å². The molecule has 2 aromatic carbocycles. The van der Waals surface area contributed by atoms with Gasteiger partial charge in [-0.15, -0.1) is 4.33 Å². The minimum absolute atomic E-state index is 0.123. The van der Waals surface area contributed by atoms with Crippen LogP contribution in [0.25, 0.3) is 10.8 Å². The number of azo groups is 1. The van der Waals surface area contributed by atoms with Crippen LogP contribution in [0.3, 0.4) is 0 Å². The van der Waals surface area contributed by atoms with Crippen LogP contribution >= 0.6 is 12.0 Å². The molecule has 0 aromatic heterocycles. The number of phenolic OH excluding ortho intramolecular Hbond substituents is 1. The number of rotatable bonds is 6. The molecule has 0 unspecified atom stereocenters. The summed E-state index contributed by atoms with van der Waals surface area (Å²) in [4.78, 5) is 4.30. The van der Waals surface area contributed by atoms with E-state index in [1.807, 2.05) is 0 Å². The van der Waals surface area contributed by atoms with Gasteiger partial charge in [0.1, 0.15) is 5.69 Å². The number of hydrogen-bond acceptors (Lipinski definition) is 9. The summed E-state index contributed by atoms with van der Waals surface area (Å²) < 4.78 is 36.7. The molecule has 2 aromatic rings. The molecule has 0 spiro atoms. The molecule has 0 radical (unpaired) electrons. The smallest absolute Gasteiger partial charge is 0.294 e. The van der Waals surface area contributed by atoms with Crippen molar-refractivity contribution in [2.45, 2.75) is 16.7 Å². The molecule has 9 nitrogen and oxygen atoms in total. The maximum atomic E-state index is 11.4. The van der Waals surface area contributed by atoms with Crippen LogP contribution in [0.4, 0.5) is 5.69 Å². The highest BCUT2D eigenvalue weighted by atomic mass is 32.2. The lowest BCUT2D eigenvalue weighted by Crippen LogP contribution is -1.99. The zero-order valence-corrected chi connectivity index (χ0v) is 14.5. The molecule has 0 saturated heterocycles. The predicted octanol–water partition coefficient (Wildman–Crippen LogP) is 3.33. The fraction of sp³-hybridized carbons (Fsp3) is 0.231. The van der Waals surface area contributed by atoms with Crippen LogP contribution in [-0.4, -0.2) is 32.2 Å². The molecule has 130 valence electrons. The van der Waals surface area contributed by atoms with Crippen molar-refractivity contribution < 1.29 is 32.3 Å². The van der Waals surface area contributed by atoms with E-state index in [1.54, 1.807) is 6.92 Å². The maximum Gasteiger partial charge on any atom is 0.294 e. The van der Waals surface area contributed by atoms with Crippen molar-refractivity contribution in [3.8, 4) is 5.75 Å². The molecule has 0 aliphatic rings. The first-order valence-electron chi connectivity index (χ1n) is 6.41. The number of hydrogen-bond donors (Lipinski definition) is 2. The SMILES string of the molecule is CN=Nc1c(SOOOC)cc2cc(S(=O)(=O)O)cc(C)c2c1O. The number of aryl methyl sites for hydroxylation is 1. The standard InChI is InChI=1S/C13H14N2O7S2/c1-7-4-9(24(17,18)19)5-8-6-10(23-22-21-20-3)12(15-14-2)13(16)11(7)8/h4-6,16H,1-3H3,(H,17,18,19). The van der Waals surface area contributed by atoms with Crippen LogP contribution in [0.15, 0.2) is 38.2 Å². The Morgan fingerprint density at radius 1 is 1.25 bits per heavy atom. The van der Waals surface area contributed by atoms with Crippen molar-refractivity contribution in [1.82, 2.24) is 0 Å². The molecule has 2 rings (SSSR count). The van der Waals surface area contributed by atoms with Crippen LogP contribution in [0.2, 0.25) is 0 Å². The highest BCUT2D eigenvalue weighted by Crippen LogP contribution is 2.45. The minimum Gasteiger partial charge on any atom is -0.505 e. The van der Waals surface area contributed by atoms with Gasteiger partial charge in [0.2, 0.25) is 0 Å². The van der Waals surface area contributed by atoms with Crippen LogP contribution in [-0.2, 0) is 24.4 Å². The van der Waals surface area contributed by atoms with Crippen molar-refractivity contribution >= 4 is 38.6 Å². The summed E-state index contributed by atoms with van der Waals surface area (Å²) in [7, 11) is -1.72. The Hall–Kier alpha value is -1.76. The molecule has 0 heterocycles. The number of nitrogens with zero attached hydrogens (tertiary/aromatic N) is 2. The fourth-order valence-electron chi connectivity index (χ4n) is 2.15. The fourth-order valence-corrected chi connectivity index (χ4v) is 3.30. The van der Waals surface area contributed by atoms with Crippen LogP contribution < -0.4 is 0 Å². The van der Waals surface area contributed by atoms with Crippen LogP contribution in [0, 0.1) is 6.92 Å². The summed E-state index contributed by atoms with van der Waals surface area (Å²) in [5.41, 5.74) is 0.563. The van der Waals surface area contributed by atoms with Gasteiger partial charge in [0.05, 0.1) is 28.9 Å². The monoisotopic (exact) mass is 374 g/mol. The first-order chi connectivity index (χ1) is 11.3. The van der Waals surface area contributed by atoms with E-state index in [9.17, 15) is 18.1 Å². The Bertz CT molecular complexity index is 897. The molecule has 24 heavy (non-hydrogen) atoms.